The van der Waals surface area contributed by atoms with Gasteiger partial charge in [0.15, 0.2) is 10.9 Å². The van der Waals surface area contributed by atoms with Gasteiger partial charge in [-0.2, -0.15) is 28.1 Å². The number of anilines is 4. The first kappa shape index (κ1) is 82.7. The maximum absolute atomic E-state index is 13.1. The van der Waals surface area contributed by atoms with Gasteiger partial charge in [-0.3, -0.25) is 33.6 Å². The number of fused-ring (bicyclic) bond motifs is 1. The third-order valence-electron chi connectivity index (χ3n) is 13.1. The molecule has 3 heterocycles. The third-order valence-corrected chi connectivity index (χ3v) is 14.6. The predicted octanol–water partition coefficient (Wildman–Crippen LogP) is 10.4. The SMILES string of the molecule is CC1COc2ccccc2N1C(=O)C(Cl)Cl.CCNc1nc(Cl)nc(NC(C)(C)C)n1.CCc1ccc(COc2ccc(-n3c(=O)cc(C(F)(F)F)n(C)c3=O)cc2)c(OC(C)C(=O)OC)c1.CCc1cccc(C)c1N(C(=O)CCl)C(C)COC.O=C(O)CNCP(=O)(O)O. The maximum atomic E-state index is 13.1. The molecule has 3 unspecified atom stereocenters. The summed E-state index contributed by atoms with van der Waals surface area (Å²) < 4.78 is 77.2. The lowest BCUT2D eigenvalue weighted by Crippen LogP contribution is -2.47. The van der Waals surface area contributed by atoms with E-state index < -0.39 is 66.4 Å². The molecule has 7 rings (SSSR count). The molecule has 3 atom stereocenters. The van der Waals surface area contributed by atoms with Crippen LogP contribution in [0.4, 0.5) is 36.4 Å². The van der Waals surface area contributed by atoms with Gasteiger partial charge in [0.2, 0.25) is 23.1 Å². The van der Waals surface area contributed by atoms with E-state index in [1.807, 2.05) is 110 Å². The number of nitrogens with zero attached hydrogens (tertiary/aromatic N) is 7. The fraction of sp³-hybridized carbons (Fsp3) is 0.444. The van der Waals surface area contributed by atoms with Crippen LogP contribution in [0.1, 0.15) is 90.3 Å². The molecule has 0 bridgehead atoms. The second kappa shape index (κ2) is 39.0. The number of methoxy groups -OCH3 is 2. The Hall–Kier alpha value is -7.53. The van der Waals surface area contributed by atoms with Gasteiger partial charge in [0.25, 0.3) is 11.5 Å². The number of hydrogen-bond donors (Lipinski definition) is 6. The second-order valence-corrected chi connectivity index (χ2v) is 25.3. The van der Waals surface area contributed by atoms with Crippen LogP contribution in [0, 0.1) is 6.92 Å². The fourth-order valence-corrected chi connectivity index (χ4v) is 9.69. The number of rotatable bonds is 22. The number of carbonyl (C=O) groups excluding carboxylic acids is 3. The summed E-state index contributed by atoms with van der Waals surface area (Å²) >= 11 is 22.8. The van der Waals surface area contributed by atoms with Gasteiger partial charge in [-0.15, -0.1) is 11.6 Å². The average Bonchev–Trinajstić information content (AvgIpc) is 0.792. The summed E-state index contributed by atoms with van der Waals surface area (Å²) in [7, 11) is -0.241. The number of amides is 2. The van der Waals surface area contributed by atoms with Crippen LogP contribution in [0.25, 0.3) is 5.69 Å². The first-order valence-corrected chi connectivity index (χ1v) is 33.2. The molecule has 33 heteroatoms. The van der Waals surface area contributed by atoms with Crippen molar-refractivity contribution in [1.82, 2.24) is 29.4 Å². The molecule has 2 amide bonds. The Morgan fingerprint density at radius 2 is 1.53 bits per heavy atom. The van der Waals surface area contributed by atoms with Gasteiger partial charge in [0.05, 0.1) is 55.7 Å². The van der Waals surface area contributed by atoms with Crippen molar-refractivity contribution in [2.45, 2.75) is 123 Å². The number of para-hydroxylation sites is 3. The normalized spacial score (nSPS) is 13.2. The van der Waals surface area contributed by atoms with Gasteiger partial charge < -0.3 is 59.0 Å². The van der Waals surface area contributed by atoms with Gasteiger partial charge in [-0.1, -0.05) is 79.5 Å². The number of carboxylic acid groups (broad SMARTS) is 1. The minimum atomic E-state index is -4.84. The maximum Gasteiger partial charge on any atom is 0.431 e. The van der Waals surface area contributed by atoms with Crippen molar-refractivity contribution in [2.75, 3.05) is 73.1 Å². The summed E-state index contributed by atoms with van der Waals surface area (Å²) in [6.07, 6.45) is -4.63. The van der Waals surface area contributed by atoms with Crippen molar-refractivity contribution >= 4 is 101 Å². The van der Waals surface area contributed by atoms with E-state index in [2.05, 4.69) is 43.9 Å². The zero-order valence-corrected chi connectivity index (χ0v) is 59.2. The highest BCUT2D eigenvalue weighted by Gasteiger charge is 2.36. The van der Waals surface area contributed by atoms with E-state index in [0.717, 1.165) is 54.5 Å². The number of carbonyl (C=O) groups is 4. The van der Waals surface area contributed by atoms with Crippen molar-refractivity contribution in [3.8, 4) is 22.9 Å². The number of aryl methyl sites for hydroxylation is 3. The number of hydrogen-bond acceptors (Lipinski definition) is 18. The molecule has 1 aliphatic rings. The minimum Gasteiger partial charge on any atom is -0.489 e. The highest BCUT2D eigenvalue weighted by Crippen LogP contribution is 2.36. The highest BCUT2D eigenvalue weighted by molar-refractivity contribution is 7.51. The number of aliphatic carboxylic acids is 1. The number of halogens is 7. The Bertz CT molecular complexity index is 3710. The quantitative estimate of drug-likeness (QED) is 0.0209. The third kappa shape index (κ3) is 26.5. The van der Waals surface area contributed by atoms with E-state index in [1.54, 1.807) is 23.8 Å². The Labute approximate surface area is 574 Å². The Kier molecular flexibility index (Phi) is 33.6. The smallest absolute Gasteiger partial charge is 0.431 e. The monoisotopic (exact) mass is 1450 g/mol. The molecule has 0 saturated heterocycles. The van der Waals surface area contributed by atoms with Gasteiger partial charge in [0.1, 0.15) is 42.0 Å². The summed E-state index contributed by atoms with van der Waals surface area (Å²) in [6.45, 7) is 20.9. The summed E-state index contributed by atoms with van der Waals surface area (Å²) in [5.41, 5.74) is 2.03. The zero-order valence-electron chi connectivity index (χ0n) is 55.3. The van der Waals surface area contributed by atoms with Crippen LogP contribution in [0.3, 0.4) is 0 Å². The molecule has 6 aromatic rings. The molecule has 4 aromatic carbocycles. The predicted molar refractivity (Wildman–Crippen MR) is 364 cm³/mol. The lowest BCUT2D eigenvalue weighted by Gasteiger charge is -2.35. The molecule has 2 aromatic heterocycles. The van der Waals surface area contributed by atoms with Crippen LogP contribution in [0.5, 0.6) is 17.2 Å². The number of aromatic nitrogens is 5. The number of esters is 1. The molecule has 0 radical (unpaired) electrons. The average molecular weight is 1450 g/mol. The number of alkyl halides is 6. The minimum absolute atomic E-state index is 0.0223. The molecule has 0 saturated carbocycles. The van der Waals surface area contributed by atoms with Crippen molar-refractivity contribution < 1.29 is 75.5 Å². The van der Waals surface area contributed by atoms with Crippen molar-refractivity contribution in [3.63, 3.8) is 0 Å². The van der Waals surface area contributed by atoms with E-state index in [9.17, 15) is 46.5 Å². The van der Waals surface area contributed by atoms with E-state index in [4.69, 9.17) is 85.0 Å². The molecule has 0 fully saturated rings. The summed E-state index contributed by atoms with van der Waals surface area (Å²) in [5.74, 6) is 0.404. The Balaban J connectivity index is 0.000000339. The highest BCUT2D eigenvalue weighted by atomic mass is 35.5. The lowest BCUT2D eigenvalue weighted by molar-refractivity contribution is -0.148. The zero-order chi connectivity index (χ0) is 72.4. The molecular formula is C63H82Cl4F3N10O15P. The number of carboxylic acids is 1. The first-order chi connectivity index (χ1) is 44.9. The fourth-order valence-electron chi connectivity index (χ4n) is 8.79. The number of nitrogens with one attached hydrogen (secondary N) is 3. The van der Waals surface area contributed by atoms with Crippen LogP contribution in [-0.2, 0) is 65.9 Å². The molecular weight excluding hydrogens is 1370 g/mol. The van der Waals surface area contributed by atoms with E-state index in [-0.39, 0.29) is 52.9 Å². The number of ether oxygens (including phenoxy) is 5. The summed E-state index contributed by atoms with van der Waals surface area (Å²) in [4.78, 5) is 101. The van der Waals surface area contributed by atoms with E-state index in [0.29, 0.717) is 63.1 Å². The van der Waals surface area contributed by atoms with Crippen LogP contribution < -0.4 is 51.2 Å². The summed E-state index contributed by atoms with van der Waals surface area (Å²) in [6, 6.07) is 25.0. The largest absolute Gasteiger partial charge is 0.489 e. The molecule has 96 heavy (non-hydrogen) atoms. The topological polar surface area (TPSA) is 317 Å². The van der Waals surface area contributed by atoms with Crippen molar-refractivity contribution in [1.29, 1.82) is 0 Å². The van der Waals surface area contributed by atoms with Gasteiger partial charge >= 0.3 is 31.4 Å². The van der Waals surface area contributed by atoms with Crippen LogP contribution >= 0.6 is 54.0 Å². The second-order valence-electron chi connectivity index (χ2n) is 22.0. The lowest BCUT2D eigenvalue weighted by atomic mass is 10.0. The van der Waals surface area contributed by atoms with Crippen LogP contribution in [0.15, 0.2) is 101 Å². The molecule has 25 nitrogen and oxygen atoms in total. The Morgan fingerprint density at radius 3 is 2.08 bits per heavy atom. The van der Waals surface area contributed by atoms with Crippen molar-refractivity contribution in [2.24, 2.45) is 7.05 Å². The molecule has 528 valence electrons. The molecule has 0 spiro atoms. The standard InChI is InChI=1S/C25H25F3N2O6.C15H22ClNO2.C11H11Cl2NO2.C9H16ClN5.C3H8NO5P/c1-5-16-6-7-17(20(12-16)36-15(2)23(32)34-4)14-35-19-10-8-18(9-11-19)30-22(31)13-21(25(26,27)28)29(3)24(30)33;1-5-13-8-6-7-11(2)15(13)17(14(18)9-16)12(3)10-19-4;1-7-6-16-9-5-3-2-4-8(9)14(7)11(15)10(12)13;1-5-11-7-12-6(10)13-8(14-7)15-9(2,3)4;5-3(6)1-4-2-10(7,8)9/h6-13,15H,5,14H2,1-4H3;6-8,12H,5,9-10H2,1-4H3;2-5,7,10H,6H2,1H3;5H2,1-4H3,(H2,11,12,13,14,15);4H,1-2H2,(H,5,6)(H2,7,8,9). The van der Waals surface area contributed by atoms with Crippen LogP contribution in [-0.4, -0.2) is 144 Å². The van der Waals surface area contributed by atoms with Crippen LogP contribution in [0.2, 0.25) is 5.28 Å². The Morgan fingerprint density at radius 1 is 0.885 bits per heavy atom. The number of benzene rings is 4. The molecule has 6 N–H and O–H groups in total. The first-order valence-electron chi connectivity index (χ1n) is 29.6. The molecule has 0 aliphatic carbocycles. The summed E-state index contributed by atoms with van der Waals surface area (Å²) in [5, 5.41) is 16.4. The van der Waals surface area contributed by atoms with E-state index >= 15 is 0 Å². The van der Waals surface area contributed by atoms with Crippen molar-refractivity contribution in [3.05, 3.63) is 145 Å². The van der Waals surface area contributed by atoms with Gasteiger partial charge in [-0.25, -0.2) is 14.2 Å². The van der Waals surface area contributed by atoms with Gasteiger partial charge in [-0.05, 0) is 139 Å². The van der Waals surface area contributed by atoms with Gasteiger partial charge in [0, 0.05) is 37.9 Å². The van der Waals surface area contributed by atoms with E-state index in [1.165, 1.54) is 31.4 Å². The molecule has 1 aliphatic heterocycles.